The average Bonchev–Trinajstić information content (AvgIpc) is 2.63. The van der Waals surface area contributed by atoms with Crippen LogP contribution in [0.3, 0.4) is 0 Å². The Labute approximate surface area is 135 Å². The molecular formula is C17H20N4O2. The maximum atomic E-state index is 12.3. The number of benzene rings is 1. The molecule has 1 saturated heterocycles. The highest BCUT2D eigenvalue weighted by Gasteiger charge is 2.21. The molecule has 0 atom stereocenters. The van der Waals surface area contributed by atoms with Crippen molar-refractivity contribution >= 4 is 17.5 Å². The van der Waals surface area contributed by atoms with Gasteiger partial charge in [0.05, 0.1) is 7.11 Å². The molecule has 0 unspecified atom stereocenters. The topological polar surface area (TPSA) is 57.7 Å². The first-order valence-electron chi connectivity index (χ1n) is 7.62. The Balaban J connectivity index is 1.53. The van der Waals surface area contributed by atoms with Gasteiger partial charge in [-0.05, 0) is 36.4 Å². The zero-order chi connectivity index (χ0) is 16.1. The van der Waals surface area contributed by atoms with E-state index in [2.05, 4.69) is 15.2 Å². The van der Waals surface area contributed by atoms with E-state index >= 15 is 0 Å². The van der Waals surface area contributed by atoms with Gasteiger partial charge in [-0.2, -0.15) is 0 Å². The van der Waals surface area contributed by atoms with Crippen LogP contribution < -0.4 is 15.0 Å². The van der Waals surface area contributed by atoms with Gasteiger partial charge in [0, 0.05) is 38.1 Å². The lowest BCUT2D eigenvalue weighted by molar-refractivity contribution is 0.208. The third kappa shape index (κ3) is 3.71. The molecule has 0 saturated carbocycles. The fraction of sp³-hybridized carbons (Fsp3) is 0.294. The van der Waals surface area contributed by atoms with Gasteiger partial charge >= 0.3 is 6.03 Å². The summed E-state index contributed by atoms with van der Waals surface area (Å²) in [5.41, 5.74) is 0.767. The Morgan fingerprint density at radius 2 is 1.83 bits per heavy atom. The Hall–Kier alpha value is -2.76. The number of hydrogen-bond acceptors (Lipinski definition) is 4. The van der Waals surface area contributed by atoms with Crippen molar-refractivity contribution in [3.8, 4) is 5.75 Å². The molecule has 1 fully saturated rings. The molecule has 6 heteroatoms. The van der Waals surface area contributed by atoms with E-state index in [-0.39, 0.29) is 6.03 Å². The number of urea groups is 1. The molecule has 6 nitrogen and oxygen atoms in total. The van der Waals surface area contributed by atoms with E-state index < -0.39 is 0 Å². The smallest absolute Gasteiger partial charge is 0.321 e. The second-order valence-electron chi connectivity index (χ2n) is 5.32. The van der Waals surface area contributed by atoms with Gasteiger partial charge in [0.25, 0.3) is 0 Å². The van der Waals surface area contributed by atoms with Crippen LogP contribution in [0.25, 0.3) is 0 Å². The number of carbonyl (C=O) groups excluding carboxylic acids is 1. The summed E-state index contributed by atoms with van der Waals surface area (Å²) in [7, 11) is 1.62. The van der Waals surface area contributed by atoms with Crippen molar-refractivity contribution in [3.63, 3.8) is 0 Å². The molecule has 2 amide bonds. The van der Waals surface area contributed by atoms with Gasteiger partial charge in [-0.25, -0.2) is 9.78 Å². The average molecular weight is 312 g/mol. The van der Waals surface area contributed by atoms with Crippen molar-refractivity contribution in [2.45, 2.75) is 0 Å². The molecule has 2 heterocycles. The van der Waals surface area contributed by atoms with Crippen LogP contribution in [-0.2, 0) is 0 Å². The number of nitrogens with zero attached hydrogens (tertiary/aromatic N) is 3. The van der Waals surface area contributed by atoms with Crippen LogP contribution in [-0.4, -0.2) is 49.2 Å². The van der Waals surface area contributed by atoms with Crippen LogP contribution >= 0.6 is 0 Å². The summed E-state index contributed by atoms with van der Waals surface area (Å²) in [4.78, 5) is 20.7. The number of methoxy groups -OCH3 is 1. The number of carbonyl (C=O) groups is 1. The molecule has 1 aliphatic rings. The number of aromatic nitrogens is 1. The van der Waals surface area contributed by atoms with E-state index in [1.165, 1.54) is 0 Å². The molecule has 23 heavy (non-hydrogen) atoms. The largest absolute Gasteiger partial charge is 0.497 e. The normalized spacial score (nSPS) is 14.5. The molecule has 1 aromatic heterocycles. The van der Waals surface area contributed by atoms with Gasteiger partial charge in [-0.3, -0.25) is 0 Å². The summed E-state index contributed by atoms with van der Waals surface area (Å²) >= 11 is 0. The first-order valence-corrected chi connectivity index (χ1v) is 7.62. The van der Waals surface area contributed by atoms with Crippen LogP contribution in [0.15, 0.2) is 48.7 Å². The molecule has 120 valence electrons. The molecular weight excluding hydrogens is 292 g/mol. The van der Waals surface area contributed by atoms with Crippen molar-refractivity contribution < 1.29 is 9.53 Å². The third-order valence-corrected chi connectivity index (χ3v) is 3.88. The first-order chi connectivity index (χ1) is 11.3. The molecule has 1 aromatic carbocycles. The minimum atomic E-state index is -0.0733. The Kier molecular flexibility index (Phi) is 4.61. The predicted molar refractivity (Wildman–Crippen MR) is 90.0 cm³/mol. The summed E-state index contributed by atoms with van der Waals surface area (Å²) in [6.45, 7) is 2.93. The number of piperazine rings is 1. The van der Waals surface area contributed by atoms with E-state index in [0.717, 1.165) is 30.3 Å². The summed E-state index contributed by atoms with van der Waals surface area (Å²) < 4.78 is 5.11. The molecule has 1 N–H and O–H groups in total. The quantitative estimate of drug-likeness (QED) is 0.946. The predicted octanol–water partition coefficient (Wildman–Crippen LogP) is 2.44. The van der Waals surface area contributed by atoms with Crippen LogP contribution in [0, 0.1) is 0 Å². The molecule has 3 rings (SSSR count). The van der Waals surface area contributed by atoms with Crippen LogP contribution in [0.2, 0.25) is 0 Å². The maximum absolute atomic E-state index is 12.3. The number of amides is 2. The SMILES string of the molecule is COc1ccc(NC(=O)N2CCN(c3ccccn3)CC2)cc1. The van der Waals surface area contributed by atoms with Gasteiger partial charge < -0.3 is 19.9 Å². The number of rotatable bonds is 3. The van der Waals surface area contributed by atoms with E-state index in [4.69, 9.17) is 4.74 Å². The Morgan fingerprint density at radius 3 is 2.43 bits per heavy atom. The fourth-order valence-electron chi connectivity index (χ4n) is 2.56. The highest BCUT2D eigenvalue weighted by molar-refractivity contribution is 5.89. The molecule has 0 radical (unpaired) electrons. The summed E-state index contributed by atoms with van der Waals surface area (Å²) in [6.07, 6.45) is 1.79. The van der Waals surface area contributed by atoms with Gasteiger partial charge in [-0.1, -0.05) is 6.07 Å². The van der Waals surface area contributed by atoms with Crippen LogP contribution in [0.1, 0.15) is 0 Å². The van der Waals surface area contributed by atoms with Crippen molar-refractivity contribution in [3.05, 3.63) is 48.7 Å². The number of ether oxygens (including phenoxy) is 1. The molecule has 0 bridgehead atoms. The van der Waals surface area contributed by atoms with Crippen molar-refractivity contribution in [2.75, 3.05) is 43.5 Å². The minimum absolute atomic E-state index is 0.0733. The van der Waals surface area contributed by atoms with Gasteiger partial charge in [0.15, 0.2) is 0 Å². The molecule has 2 aromatic rings. The van der Waals surface area contributed by atoms with Crippen LogP contribution in [0.5, 0.6) is 5.75 Å². The fourth-order valence-corrected chi connectivity index (χ4v) is 2.56. The minimum Gasteiger partial charge on any atom is -0.497 e. The summed E-state index contributed by atoms with van der Waals surface area (Å²) in [5, 5.41) is 2.91. The van der Waals surface area contributed by atoms with E-state index in [1.807, 2.05) is 47.4 Å². The standard InChI is InChI=1S/C17H20N4O2/c1-23-15-7-5-14(6-8-15)19-17(22)21-12-10-20(11-13-21)16-4-2-3-9-18-16/h2-9H,10-13H2,1H3,(H,19,22). The van der Waals surface area contributed by atoms with E-state index in [9.17, 15) is 4.79 Å². The van der Waals surface area contributed by atoms with E-state index in [0.29, 0.717) is 13.1 Å². The van der Waals surface area contributed by atoms with Crippen molar-refractivity contribution in [1.29, 1.82) is 0 Å². The van der Waals surface area contributed by atoms with Crippen molar-refractivity contribution in [1.82, 2.24) is 9.88 Å². The third-order valence-electron chi connectivity index (χ3n) is 3.88. The van der Waals surface area contributed by atoms with Crippen molar-refractivity contribution in [2.24, 2.45) is 0 Å². The second kappa shape index (κ2) is 7.00. The zero-order valence-electron chi connectivity index (χ0n) is 13.1. The number of nitrogens with one attached hydrogen (secondary N) is 1. The number of pyridine rings is 1. The lowest BCUT2D eigenvalue weighted by atomic mass is 10.3. The lowest BCUT2D eigenvalue weighted by Crippen LogP contribution is -2.50. The maximum Gasteiger partial charge on any atom is 0.321 e. The molecule has 1 aliphatic heterocycles. The lowest BCUT2D eigenvalue weighted by Gasteiger charge is -2.35. The van der Waals surface area contributed by atoms with Gasteiger partial charge in [0.1, 0.15) is 11.6 Å². The second-order valence-corrected chi connectivity index (χ2v) is 5.32. The summed E-state index contributed by atoms with van der Waals surface area (Å²) in [6, 6.07) is 13.1. The van der Waals surface area contributed by atoms with Crippen LogP contribution in [0.4, 0.5) is 16.3 Å². The highest BCUT2D eigenvalue weighted by atomic mass is 16.5. The number of anilines is 2. The molecule has 0 spiro atoms. The Morgan fingerprint density at radius 1 is 1.09 bits per heavy atom. The van der Waals surface area contributed by atoms with E-state index in [1.54, 1.807) is 13.3 Å². The highest BCUT2D eigenvalue weighted by Crippen LogP contribution is 2.17. The Bertz CT molecular complexity index is 637. The first kappa shape index (κ1) is 15.1. The number of hydrogen-bond donors (Lipinski definition) is 1. The molecule has 0 aliphatic carbocycles. The monoisotopic (exact) mass is 312 g/mol. The van der Waals surface area contributed by atoms with Gasteiger partial charge in [-0.15, -0.1) is 0 Å². The zero-order valence-corrected chi connectivity index (χ0v) is 13.1. The van der Waals surface area contributed by atoms with Gasteiger partial charge in [0.2, 0.25) is 0 Å². The summed E-state index contributed by atoms with van der Waals surface area (Å²) in [5.74, 6) is 1.73.